The van der Waals surface area contributed by atoms with Crippen LogP contribution in [0.4, 0.5) is 16.2 Å². The van der Waals surface area contributed by atoms with Crippen LogP contribution in [-0.4, -0.2) is 21.5 Å². The van der Waals surface area contributed by atoms with Gasteiger partial charge in [0.2, 0.25) is 0 Å². The molecule has 35 heavy (non-hydrogen) atoms. The van der Waals surface area contributed by atoms with Gasteiger partial charge in [-0.25, -0.2) is 4.79 Å². The average molecular weight is 462 g/mol. The third kappa shape index (κ3) is 5.20. The number of carbonyl (C=O) groups excluding carboxylic acids is 2. The lowest BCUT2D eigenvalue weighted by Crippen LogP contribution is -2.28. The fourth-order valence-electron chi connectivity index (χ4n) is 3.82. The summed E-state index contributed by atoms with van der Waals surface area (Å²) in [5.41, 5.74) is 4.74. The highest BCUT2D eigenvalue weighted by Gasteiger charge is 2.09. The molecule has 172 valence electrons. The van der Waals surface area contributed by atoms with E-state index in [0.29, 0.717) is 23.5 Å². The van der Waals surface area contributed by atoms with Crippen LogP contribution in [0, 0.1) is 0 Å². The van der Waals surface area contributed by atoms with Gasteiger partial charge in [-0.1, -0.05) is 24.3 Å². The van der Waals surface area contributed by atoms with Crippen molar-refractivity contribution >= 4 is 34.2 Å². The van der Waals surface area contributed by atoms with Crippen LogP contribution in [0.2, 0.25) is 0 Å². The van der Waals surface area contributed by atoms with E-state index in [1.54, 1.807) is 48.8 Å². The zero-order valence-electron chi connectivity index (χ0n) is 18.8. The molecular formula is C28H23N5O2. The quantitative estimate of drug-likeness (QED) is 0.308. The van der Waals surface area contributed by atoms with Crippen molar-refractivity contribution in [2.75, 3.05) is 10.6 Å². The molecule has 0 fully saturated rings. The summed E-state index contributed by atoms with van der Waals surface area (Å²) in [6, 6.07) is 28.0. The Morgan fingerprint density at radius 2 is 1.51 bits per heavy atom. The van der Waals surface area contributed by atoms with E-state index in [9.17, 15) is 9.59 Å². The van der Waals surface area contributed by atoms with Crippen LogP contribution in [0.5, 0.6) is 0 Å². The van der Waals surface area contributed by atoms with Crippen LogP contribution in [0.3, 0.4) is 0 Å². The maximum Gasteiger partial charge on any atom is 0.319 e. The lowest BCUT2D eigenvalue weighted by molar-refractivity contribution is 0.102. The second kappa shape index (κ2) is 9.93. The number of para-hydroxylation sites is 1. The summed E-state index contributed by atoms with van der Waals surface area (Å²) >= 11 is 0. The fraction of sp³-hybridized carbons (Fsp3) is 0.0357. The molecule has 0 aliphatic heterocycles. The third-order valence-electron chi connectivity index (χ3n) is 5.59. The molecule has 0 bridgehead atoms. The van der Waals surface area contributed by atoms with Crippen LogP contribution in [0.25, 0.3) is 16.6 Å². The smallest absolute Gasteiger partial charge is 0.319 e. The predicted octanol–water partition coefficient (Wildman–Crippen LogP) is 5.60. The van der Waals surface area contributed by atoms with Gasteiger partial charge in [0.1, 0.15) is 0 Å². The van der Waals surface area contributed by atoms with Gasteiger partial charge in [0.15, 0.2) is 0 Å². The molecule has 2 heterocycles. The minimum atomic E-state index is -0.335. The summed E-state index contributed by atoms with van der Waals surface area (Å²) in [7, 11) is 0. The maximum atomic E-state index is 12.8. The SMILES string of the molecule is O=C(NCc1ccncc1)Nc1cccc(NC(=O)c2ccc(-n3ccc4ccccc43)cc2)c1. The molecule has 0 aliphatic carbocycles. The van der Waals surface area contributed by atoms with Gasteiger partial charge in [-0.05, 0) is 77.7 Å². The van der Waals surface area contributed by atoms with Crippen molar-refractivity contribution < 1.29 is 9.59 Å². The topological polar surface area (TPSA) is 88.1 Å². The number of nitrogens with zero attached hydrogens (tertiary/aromatic N) is 2. The first-order valence-electron chi connectivity index (χ1n) is 11.2. The molecule has 7 nitrogen and oxygen atoms in total. The van der Waals surface area contributed by atoms with Crippen molar-refractivity contribution in [3.05, 3.63) is 121 Å². The summed E-state index contributed by atoms with van der Waals surface area (Å²) in [6.45, 7) is 0.388. The molecule has 0 atom stereocenters. The largest absolute Gasteiger partial charge is 0.334 e. The van der Waals surface area contributed by atoms with E-state index in [0.717, 1.165) is 22.2 Å². The zero-order valence-corrected chi connectivity index (χ0v) is 18.8. The van der Waals surface area contributed by atoms with Gasteiger partial charge in [-0.3, -0.25) is 9.78 Å². The number of hydrogen-bond acceptors (Lipinski definition) is 3. The van der Waals surface area contributed by atoms with Crippen molar-refractivity contribution in [3.8, 4) is 5.69 Å². The predicted molar refractivity (Wildman–Crippen MR) is 138 cm³/mol. The van der Waals surface area contributed by atoms with E-state index in [-0.39, 0.29) is 11.9 Å². The first kappa shape index (κ1) is 21.9. The Hall–Kier alpha value is -4.91. The number of anilines is 2. The van der Waals surface area contributed by atoms with Crippen molar-refractivity contribution in [2.24, 2.45) is 0 Å². The standard InChI is InChI=1S/C28H23N5O2/c34-27(22-8-10-25(11-9-22)33-17-14-21-4-1-2-7-26(21)33)31-23-5-3-6-24(18-23)32-28(35)30-19-20-12-15-29-16-13-20/h1-18H,19H2,(H,31,34)(H2,30,32,35). The Bertz CT molecular complexity index is 1480. The number of carbonyl (C=O) groups is 2. The Kier molecular flexibility index (Phi) is 6.21. The summed E-state index contributed by atoms with van der Waals surface area (Å²) < 4.78 is 2.09. The minimum Gasteiger partial charge on any atom is -0.334 e. The lowest BCUT2D eigenvalue weighted by Gasteiger charge is -2.11. The van der Waals surface area contributed by atoms with E-state index in [4.69, 9.17) is 0 Å². The van der Waals surface area contributed by atoms with E-state index in [1.165, 1.54) is 0 Å². The van der Waals surface area contributed by atoms with Gasteiger partial charge < -0.3 is 20.5 Å². The van der Waals surface area contributed by atoms with Crippen molar-refractivity contribution in [3.63, 3.8) is 0 Å². The highest BCUT2D eigenvalue weighted by atomic mass is 16.2. The van der Waals surface area contributed by atoms with E-state index in [2.05, 4.69) is 43.7 Å². The van der Waals surface area contributed by atoms with Gasteiger partial charge in [0, 0.05) is 47.8 Å². The van der Waals surface area contributed by atoms with E-state index in [1.807, 2.05) is 42.6 Å². The molecule has 0 saturated heterocycles. The second-order valence-corrected chi connectivity index (χ2v) is 7.99. The van der Waals surface area contributed by atoms with Crippen molar-refractivity contribution in [2.45, 2.75) is 6.54 Å². The third-order valence-corrected chi connectivity index (χ3v) is 5.59. The number of nitrogens with one attached hydrogen (secondary N) is 3. The monoisotopic (exact) mass is 461 g/mol. The molecule has 5 aromatic rings. The molecule has 2 aromatic heterocycles. The first-order valence-corrected chi connectivity index (χ1v) is 11.2. The van der Waals surface area contributed by atoms with Crippen molar-refractivity contribution in [1.29, 1.82) is 0 Å². The van der Waals surface area contributed by atoms with Gasteiger partial charge in [0.25, 0.3) is 5.91 Å². The summed E-state index contributed by atoms with van der Waals surface area (Å²) in [6.07, 6.45) is 5.37. The first-order chi connectivity index (χ1) is 17.2. The van der Waals surface area contributed by atoms with Gasteiger partial charge >= 0.3 is 6.03 Å². The van der Waals surface area contributed by atoms with Crippen LogP contribution in [-0.2, 0) is 6.54 Å². The highest BCUT2D eigenvalue weighted by molar-refractivity contribution is 6.04. The highest BCUT2D eigenvalue weighted by Crippen LogP contribution is 2.21. The number of aromatic nitrogens is 2. The fourth-order valence-corrected chi connectivity index (χ4v) is 3.82. The molecule has 0 spiro atoms. The molecule has 3 N–H and O–H groups in total. The molecule has 7 heteroatoms. The van der Waals surface area contributed by atoms with Crippen LogP contribution in [0.15, 0.2) is 110 Å². The Morgan fingerprint density at radius 1 is 0.771 bits per heavy atom. The molecule has 0 saturated carbocycles. The van der Waals surface area contributed by atoms with Crippen LogP contribution >= 0.6 is 0 Å². The number of hydrogen-bond donors (Lipinski definition) is 3. The molecule has 0 unspecified atom stereocenters. The summed E-state index contributed by atoms with van der Waals surface area (Å²) in [5.74, 6) is -0.229. The van der Waals surface area contributed by atoms with Crippen LogP contribution < -0.4 is 16.0 Å². The number of urea groups is 1. The lowest BCUT2D eigenvalue weighted by atomic mass is 10.1. The van der Waals surface area contributed by atoms with Crippen LogP contribution in [0.1, 0.15) is 15.9 Å². The van der Waals surface area contributed by atoms with Gasteiger partial charge in [-0.2, -0.15) is 0 Å². The molecule has 3 aromatic carbocycles. The summed E-state index contributed by atoms with van der Waals surface area (Å²) in [5, 5.41) is 9.63. The molecule has 0 radical (unpaired) electrons. The molecule has 0 aliphatic rings. The summed E-state index contributed by atoms with van der Waals surface area (Å²) in [4.78, 5) is 29.0. The number of fused-ring (bicyclic) bond motifs is 1. The van der Waals surface area contributed by atoms with Gasteiger partial charge in [0.05, 0.1) is 5.52 Å². The normalized spacial score (nSPS) is 10.6. The van der Waals surface area contributed by atoms with Gasteiger partial charge in [-0.15, -0.1) is 0 Å². The number of pyridine rings is 1. The van der Waals surface area contributed by atoms with E-state index >= 15 is 0 Å². The number of amides is 3. The average Bonchev–Trinajstić information content (AvgIpc) is 3.33. The molecule has 5 rings (SSSR count). The van der Waals surface area contributed by atoms with Crippen molar-refractivity contribution in [1.82, 2.24) is 14.9 Å². The number of rotatable bonds is 6. The second-order valence-electron chi connectivity index (χ2n) is 7.99. The minimum absolute atomic E-state index is 0.229. The Balaban J connectivity index is 1.21. The Morgan fingerprint density at radius 3 is 2.31 bits per heavy atom. The Labute approximate surface area is 202 Å². The maximum absolute atomic E-state index is 12.8. The zero-order chi connectivity index (χ0) is 24.0. The number of benzene rings is 3. The molecule has 3 amide bonds. The van der Waals surface area contributed by atoms with E-state index < -0.39 is 0 Å². The molecular weight excluding hydrogens is 438 g/mol.